The number of hydrogen-bond acceptors (Lipinski definition) is 6. The molecule has 2 saturated heterocycles. The van der Waals surface area contributed by atoms with Crippen LogP contribution in [0.25, 0.3) is 0 Å². The van der Waals surface area contributed by atoms with Crippen LogP contribution < -0.4 is 0 Å². The Morgan fingerprint density at radius 2 is 2.33 bits per heavy atom. The summed E-state index contributed by atoms with van der Waals surface area (Å²) in [6.45, 7) is 4.53. The first-order valence-corrected chi connectivity index (χ1v) is 9.27. The van der Waals surface area contributed by atoms with Crippen LogP contribution in [0, 0.1) is 11.8 Å². The van der Waals surface area contributed by atoms with Gasteiger partial charge in [-0.3, -0.25) is 9.59 Å². The monoisotopic (exact) mass is 375 g/mol. The molecule has 2 fully saturated rings. The number of aryl methyl sites for hydroxylation is 1. The predicted molar refractivity (Wildman–Crippen MR) is 94.4 cm³/mol. The van der Waals surface area contributed by atoms with Crippen molar-refractivity contribution in [2.24, 2.45) is 11.8 Å². The molecule has 4 heterocycles. The van der Waals surface area contributed by atoms with Gasteiger partial charge in [0, 0.05) is 27.2 Å². The third-order valence-electron chi connectivity index (χ3n) is 5.82. The summed E-state index contributed by atoms with van der Waals surface area (Å²) in [6.07, 6.45) is 5.20. The number of methoxy groups -OCH3 is 1. The van der Waals surface area contributed by atoms with Gasteiger partial charge in [0.1, 0.15) is 11.9 Å². The van der Waals surface area contributed by atoms with Gasteiger partial charge in [-0.15, -0.1) is 10.2 Å². The molecule has 0 aromatic carbocycles. The molecule has 146 valence electrons. The second-order valence-corrected chi connectivity index (χ2v) is 7.38. The first-order chi connectivity index (χ1) is 13.0. The van der Waals surface area contributed by atoms with Crippen LogP contribution in [0.4, 0.5) is 0 Å². The lowest BCUT2D eigenvalue weighted by molar-refractivity contribution is -0.143. The number of aromatic nitrogens is 3. The Morgan fingerprint density at radius 3 is 3.07 bits per heavy atom. The zero-order chi connectivity index (χ0) is 19.2. The lowest BCUT2D eigenvalue weighted by Crippen LogP contribution is -2.44. The van der Waals surface area contributed by atoms with E-state index in [-0.39, 0.29) is 17.9 Å². The zero-order valence-electron chi connectivity index (χ0n) is 15.9. The van der Waals surface area contributed by atoms with Gasteiger partial charge in [-0.2, -0.15) is 0 Å². The Morgan fingerprint density at radius 1 is 1.52 bits per heavy atom. The molecule has 4 atom stereocenters. The summed E-state index contributed by atoms with van der Waals surface area (Å²) in [4.78, 5) is 29.6. The molecule has 0 radical (unpaired) electrons. The molecular weight excluding hydrogens is 350 g/mol. The van der Waals surface area contributed by atoms with Gasteiger partial charge >= 0.3 is 0 Å². The molecule has 0 N–H and O–H groups in total. The molecule has 9 nitrogen and oxygen atoms in total. The van der Waals surface area contributed by atoms with Crippen LogP contribution in [-0.4, -0.2) is 81.9 Å². The van der Waals surface area contributed by atoms with Crippen LogP contribution in [0.15, 0.2) is 18.5 Å². The SMILES string of the molecule is CCn1cnnc1CN(C)C(=O)C1C2C(=O)N(CCOC)C[C@]23C=C[C@H]1O3. The number of fused-ring (bicyclic) bond motifs is 1. The van der Waals surface area contributed by atoms with Crippen molar-refractivity contribution in [3.05, 3.63) is 24.3 Å². The van der Waals surface area contributed by atoms with Crippen LogP contribution in [0.3, 0.4) is 0 Å². The van der Waals surface area contributed by atoms with E-state index in [1.54, 1.807) is 30.3 Å². The normalized spacial score (nSPS) is 31.0. The molecule has 2 amide bonds. The molecule has 3 aliphatic rings. The van der Waals surface area contributed by atoms with E-state index in [0.717, 1.165) is 12.4 Å². The maximum Gasteiger partial charge on any atom is 0.230 e. The molecule has 4 rings (SSSR count). The fraction of sp³-hybridized carbons (Fsp3) is 0.667. The summed E-state index contributed by atoms with van der Waals surface area (Å²) in [7, 11) is 3.35. The number of hydrogen-bond donors (Lipinski definition) is 0. The van der Waals surface area contributed by atoms with Gasteiger partial charge in [-0.1, -0.05) is 12.2 Å². The van der Waals surface area contributed by atoms with Crippen LogP contribution in [0.5, 0.6) is 0 Å². The van der Waals surface area contributed by atoms with Crippen LogP contribution in [0.2, 0.25) is 0 Å². The van der Waals surface area contributed by atoms with Gasteiger partial charge in [-0.25, -0.2) is 0 Å². The van der Waals surface area contributed by atoms with Crippen molar-refractivity contribution in [1.29, 1.82) is 0 Å². The Kier molecular flexibility index (Phi) is 4.51. The molecule has 27 heavy (non-hydrogen) atoms. The summed E-state index contributed by atoms with van der Waals surface area (Å²) in [5.41, 5.74) is -0.680. The first-order valence-electron chi connectivity index (χ1n) is 9.27. The minimum atomic E-state index is -0.680. The van der Waals surface area contributed by atoms with Gasteiger partial charge in [0.05, 0.1) is 37.6 Å². The molecule has 9 heteroatoms. The van der Waals surface area contributed by atoms with Crippen molar-refractivity contribution in [1.82, 2.24) is 24.6 Å². The van der Waals surface area contributed by atoms with Crippen molar-refractivity contribution >= 4 is 11.8 Å². The van der Waals surface area contributed by atoms with Gasteiger partial charge in [0.2, 0.25) is 11.8 Å². The smallest absolute Gasteiger partial charge is 0.230 e. The number of likely N-dealkylation sites (tertiary alicyclic amines) is 1. The minimum Gasteiger partial charge on any atom is -0.383 e. The largest absolute Gasteiger partial charge is 0.383 e. The Hall–Kier alpha value is -2.26. The van der Waals surface area contributed by atoms with E-state index in [4.69, 9.17) is 9.47 Å². The summed E-state index contributed by atoms with van der Waals surface area (Å²) >= 11 is 0. The van der Waals surface area contributed by atoms with E-state index in [0.29, 0.717) is 26.2 Å². The third kappa shape index (κ3) is 2.76. The number of ether oxygens (including phenoxy) is 2. The maximum atomic E-state index is 13.2. The van der Waals surface area contributed by atoms with E-state index in [2.05, 4.69) is 10.2 Å². The summed E-state index contributed by atoms with van der Waals surface area (Å²) in [5, 5.41) is 8.00. The number of carbonyl (C=O) groups excluding carboxylic acids is 2. The molecule has 2 unspecified atom stereocenters. The predicted octanol–water partition coefficient (Wildman–Crippen LogP) is -0.315. The molecule has 1 aromatic rings. The number of rotatable bonds is 7. The molecular formula is C18H25N5O4. The molecule has 3 aliphatic heterocycles. The summed E-state index contributed by atoms with van der Waals surface area (Å²) in [5.74, 6) is -0.366. The molecule has 0 aliphatic carbocycles. The number of carbonyl (C=O) groups is 2. The maximum absolute atomic E-state index is 13.2. The quantitative estimate of drug-likeness (QED) is 0.607. The fourth-order valence-corrected chi connectivity index (χ4v) is 4.46. The standard InChI is InChI=1S/C18H25N5O4/c1-4-22-11-19-20-13(22)9-21(2)16(24)14-12-5-6-18(27-12)10-23(7-8-26-3)17(25)15(14)18/h5-6,11-12,14-15H,4,7-10H2,1-3H3/t12-,14?,15?,18-/m1/s1. The van der Waals surface area contributed by atoms with Gasteiger partial charge in [0.15, 0.2) is 5.82 Å². The van der Waals surface area contributed by atoms with Crippen molar-refractivity contribution in [2.75, 3.05) is 33.9 Å². The van der Waals surface area contributed by atoms with E-state index >= 15 is 0 Å². The molecule has 1 spiro atoms. The highest BCUT2D eigenvalue weighted by Gasteiger charge is 2.67. The molecule has 2 bridgehead atoms. The Balaban J connectivity index is 1.52. The second-order valence-electron chi connectivity index (χ2n) is 7.38. The van der Waals surface area contributed by atoms with Crippen molar-refractivity contribution in [3.8, 4) is 0 Å². The fourth-order valence-electron chi connectivity index (χ4n) is 4.46. The zero-order valence-corrected chi connectivity index (χ0v) is 15.9. The topological polar surface area (TPSA) is 89.8 Å². The van der Waals surface area contributed by atoms with Crippen LogP contribution >= 0.6 is 0 Å². The molecule has 0 saturated carbocycles. The van der Waals surface area contributed by atoms with Gasteiger partial charge in [-0.05, 0) is 6.92 Å². The van der Waals surface area contributed by atoms with E-state index < -0.39 is 17.4 Å². The number of amides is 2. The van der Waals surface area contributed by atoms with E-state index in [1.807, 2.05) is 23.6 Å². The van der Waals surface area contributed by atoms with Gasteiger partial charge in [0.25, 0.3) is 0 Å². The highest BCUT2D eigenvalue weighted by Crippen LogP contribution is 2.52. The second kappa shape index (κ2) is 6.72. The van der Waals surface area contributed by atoms with E-state index in [9.17, 15) is 9.59 Å². The third-order valence-corrected chi connectivity index (χ3v) is 5.82. The lowest BCUT2D eigenvalue weighted by atomic mass is 9.76. The summed E-state index contributed by atoms with van der Waals surface area (Å²) < 4.78 is 13.1. The summed E-state index contributed by atoms with van der Waals surface area (Å²) in [6, 6.07) is 0. The van der Waals surface area contributed by atoms with Gasteiger partial charge < -0.3 is 23.8 Å². The van der Waals surface area contributed by atoms with Crippen molar-refractivity contribution in [2.45, 2.75) is 31.7 Å². The van der Waals surface area contributed by atoms with Crippen molar-refractivity contribution in [3.63, 3.8) is 0 Å². The van der Waals surface area contributed by atoms with Crippen LogP contribution in [0.1, 0.15) is 12.7 Å². The van der Waals surface area contributed by atoms with Crippen molar-refractivity contribution < 1.29 is 19.1 Å². The average Bonchev–Trinajstić information content (AvgIpc) is 3.40. The highest BCUT2D eigenvalue weighted by molar-refractivity contribution is 5.92. The first kappa shape index (κ1) is 18.1. The highest BCUT2D eigenvalue weighted by atomic mass is 16.5. The number of nitrogens with zero attached hydrogens (tertiary/aromatic N) is 5. The van der Waals surface area contributed by atoms with Crippen LogP contribution in [-0.2, 0) is 32.2 Å². The molecule has 1 aromatic heterocycles. The van der Waals surface area contributed by atoms with E-state index in [1.165, 1.54) is 0 Å². The Labute approximate surface area is 157 Å². The Bertz CT molecular complexity index is 778. The lowest BCUT2D eigenvalue weighted by Gasteiger charge is -2.27. The minimum absolute atomic E-state index is 0.0256. The average molecular weight is 375 g/mol.